The molecular formula is C17H26N4O3. The lowest BCUT2D eigenvalue weighted by Crippen LogP contribution is -2.43. The number of fused-ring (bicyclic) bond motifs is 1. The van der Waals surface area contributed by atoms with Crippen molar-refractivity contribution in [2.24, 2.45) is 0 Å². The van der Waals surface area contributed by atoms with E-state index in [1.165, 1.54) is 18.5 Å². The van der Waals surface area contributed by atoms with Crippen LogP contribution in [0.25, 0.3) is 0 Å². The van der Waals surface area contributed by atoms with E-state index in [1.807, 2.05) is 15.6 Å². The molecule has 3 aliphatic rings. The zero-order valence-electron chi connectivity index (χ0n) is 14.1. The number of piperidine rings is 1. The highest BCUT2D eigenvalue weighted by atomic mass is 16.5. The third kappa shape index (κ3) is 3.57. The molecule has 7 nitrogen and oxygen atoms in total. The summed E-state index contributed by atoms with van der Waals surface area (Å²) in [7, 11) is 0. The summed E-state index contributed by atoms with van der Waals surface area (Å²) >= 11 is 0. The van der Waals surface area contributed by atoms with Crippen molar-refractivity contribution in [1.29, 1.82) is 0 Å². The fourth-order valence-electron chi connectivity index (χ4n) is 3.76. The fraction of sp³-hybridized carbons (Fsp3) is 0.765. The topological polar surface area (TPSA) is 68.6 Å². The molecule has 0 saturated carbocycles. The highest BCUT2D eigenvalue weighted by Gasteiger charge is 2.27. The minimum atomic E-state index is -0.0481. The van der Waals surface area contributed by atoms with Gasteiger partial charge in [-0.2, -0.15) is 5.10 Å². The molecular weight excluding hydrogens is 308 g/mol. The van der Waals surface area contributed by atoms with Gasteiger partial charge in [-0.05, 0) is 38.5 Å². The summed E-state index contributed by atoms with van der Waals surface area (Å²) in [4.78, 5) is 14.3. The van der Waals surface area contributed by atoms with Crippen molar-refractivity contribution in [2.75, 3.05) is 31.6 Å². The number of carbonyl (C=O) groups is 1. The molecule has 2 amide bonds. The molecule has 2 fully saturated rings. The van der Waals surface area contributed by atoms with Gasteiger partial charge in [-0.25, -0.2) is 4.79 Å². The smallest absolute Gasteiger partial charge is 0.323 e. The van der Waals surface area contributed by atoms with Crippen LogP contribution in [-0.2, 0) is 22.4 Å². The molecule has 2 saturated heterocycles. The van der Waals surface area contributed by atoms with Crippen LogP contribution >= 0.6 is 0 Å². The zero-order chi connectivity index (χ0) is 16.4. The van der Waals surface area contributed by atoms with Crippen molar-refractivity contribution in [3.05, 3.63) is 11.8 Å². The largest absolute Gasteiger partial charge is 0.379 e. The number of aryl methyl sites for hydroxylation is 2. The van der Waals surface area contributed by atoms with Crippen LogP contribution < -0.4 is 5.32 Å². The Labute approximate surface area is 142 Å². The first-order valence-electron chi connectivity index (χ1n) is 9.14. The maximum Gasteiger partial charge on any atom is 0.323 e. The fourth-order valence-corrected chi connectivity index (χ4v) is 3.76. The Morgan fingerprint density at radius 3 is 2.83 bits per heavy atom. The first-order chi connectivity index (χ1) is 11.8. The molecule has 0 radical (unpaired) electrons. The normalized spacial score (nSPS) is 24.8. The molecule has 4 rings (SSSR count). The average molecular weight is 334 g/mol. The van der Waals surface area contributed by atoms with Crippen molar-refractivity contribution in [1.82, 2.24) is 14.7 Å². The van der Waals surface area contributed by atoms with Crippen LogP contribution in [0.4, 0.5) is 10.6 Å². The number of rotatable bonds is 3. The first-order valence-corrected chi connectivity index (χ1v) is 9.14. The van der Waals surface area contributed by atoms with E-state index in [9.17, 15) is 4.79 Å². The van der Waals surface area contributed by atoms with Gasteiger partial charge in [-0.15, -0.1) is 0 Å². The Kier molecular flexibility index (Phi) is 4.71. The summed E-state index contributed by atoms with van der Waals surface area (Å²) in [6, 6.07) is 1.96. The number of hydrogen-bond acceptors (Lipinski definition) is 4. The van der Waals surface area contributed by atoms with Crippen molar-refractivity contribution < 1.29 is 14.3 Å². The number of nitrogens with zero attached hydrogens (tertiary/aromatic N) is 3. The Bertz CT molecular complexity index is 551. The van der Waals surface area contributed by atoms with Crippen LogP contribution in [0.2, 0.25) is 0 Å². The third-order valence-electron chi connectivity index (χ3n) is 5.15. The molecule has 24 heavy (non-hydrogen) atoms. The molecule has 0 aromatic carbocycles. The van der Waals surface area contributed by atoms with Gasteiger partial charge in [-0.1, -0.05) is 0 Å². The Morgan fingerprint density at radius 2 is 2.08 bits per heavy atom. The van der Waals surface area contributed by atoms with E-state index in [-0.39, 0.29) is 18.2 Å². The van der Waals surface area contributed by atoms with Gasteiger partial charge in [0.2, 0.25) is 0 Å². The molecule has 1 atom stereocenters. The van der Waals surface area contributed by atoms with E-state index >= 15 is 0 Å². The SMILES string of the molecule is O=C(Nc1cc2n(n1)CCCC2)N1CCC(OC2CCOC2)CC1. The van der Waals surface area contributed by atoms with Crippen LogP contribution in [0.15, 0.2) is 6.07 Å². The van der Waals surface area contributed by atoms with Crippen molar-refractivity contribution in [2.45, 2.75) is 57.3 Å². The maximum atomic E-state index is 12.4. The van der Waals surface area contributed by atoms with E-state index in [2.05, 4.69) is 10.4 Å². The lowest BCUT2D eigenvalue weighted by Gasteiger charge is -2.32. The molecule has 4 heterocycles. The van der Waals surface area contributed by atoms with Gasteiger partial charge in [0.1, 0.15) is 0 Å². The van der Waals surface area contributed by atoms with Crippen molar-refractivity contribution in [3.8, 4) is 0 Å². The summed E-state index contributed by atoms with van der Waals surface area (Å²) < 4.78 is 13.4. The van der Waals surface area contributed by atoms with Crippen LogP contribution in [0.5, 0.6) is 0 Å². The van der Waals surface area contributed by atoms with Crippen LogP contribution in [0.3, 0.4) is 0 Å². The predicted molar refractivity (Wildman–Crippen MR) is 89.1 cm³/mol. The van der Waals surface area contributed by atoms with E-state index in [1.54, 1.807) is 0 Å². The molecule has 0 aliphatic carbocycles. The van der Waals surface area contributed by atoms with Gasteiger partial charge in [0.05, 0.1) is 18.8 Å². The molecule has 1 unspecified atom stereocenters. The minimum absolute atomic E-state index is 0.0481. The quantitative estimate of drug-likeness (QED) is 0.918. The Balaban J connectivity index is 1.26. The first kappa shape index (κ1) is 15.9. The van der Waals surface area contributed by atoms with E-state index in [4.69, 9.17) is 9.47 Å². The second-order valence-electron chi connectivity index (χ2n) is 6.94. The molecule has 1 aromatic heterocycles. The van der Waals surface area contributed by atoms with Gasteiger partial charge in [0.25, 0.3) is 0 Å². The number of likely N-dealkylation sites (tertiary alicyclic amines) is 1. The number of ether oxygens (including phenoxy) is 2. The lowest BCUT2D eigenvalue weighted by atomic mass is 10.1. The van der Waals surface area contributed by atoms with E-state index < -0.39 is 0 Å². The van der Waals surface area contributed by atoms with Gasteiger partial charge >= 0.3 is 6.03 Å². The van der Waals surface area contributed by atoms with Crippen molar-refractivity contribution >= 4 is 11.8 Å². The number of hydrogen-bond donors (Lipinski definition) is 1. The summed E-state index contributed by atoms with van der Waals surface area (Å²) in [5.74, 6) is 0.679. The number of carbonyl (C=O) groups excluding carboxylic acids is 1. The van der Waals surface area contributed by atoms with Gasteiger partial charge in [0, 0.05) is 38.0 Å². The monoisotopic (exact) mass is 334 g/mol. The summed E-state index contributed by atoms with van der Waals surface area (Å²) in [5.41, 5.74) is 1.22. The van der Waals surface area contributed by atoms with Crippen molar-refractivity contribution in [3.63, 3.8) is 0 Å². The third-order valence-corrected chi connectivity index (χ3v) is 5.15. The number of anilines is 1. The standard InChI is InChI=1S/C17H26N4O3/c22-17(18-16-11-13-3-1-2-7-21(13)19-16)20-8-4-14(5-9-20)24-15-6-10-23-12-15/h11,14-15H,1-10,12H2,(H,18,19,22). The van der Waals surface area contributed by atoms with E-state index in [0.29, 0.717) is 12.4 Å². The Morgan fingerprint density at radius 1 is 1.21 bits per heavy atom. The maximum absolute atomic E-state index is 12.4. The molecule has 3 aliphatic heterocycles. The van der Waals surface area contributed by atoms with Crippen LogP contribution in [0.1, 0.15) is 37.8 Å². The highest BCUT2D eigenvalue weighted by Crippen LogP contribution is 2.21. The summed E-state index contributed by atoms with van der Waals surface area (Å²) in [6.07, 6.45) is 6.70. The molecule has 0 spiro atoms. The Hall–Kier alpha value is -1.60. The summed E-state index contributed by atoms with van der Waals surface area (Å²) in [6.45, 7) is 3.94. The molecule has 1 N–H and O–H groups in total. The van der Waals surface area contributed by atoms with Gasteiger partial charge in [0.15, 0.2) is 5.82 Å². The predicted octanol–water partition coefficient (Wildman–Crippen LogP) is 2.02. The second-order valence-corrected chi connectivity index (χ2v) is 6.94. The van der Waals surface area contributed by atoms with Crippen LogP contribution in [-0.4, -0.2) is 59.2 Å². The lowest BCUT2D eigenvalue weighted by molar-refractivity contribution is -0.0387. The van der Waals surface area contributed by atoms with E-state index in [0.717, 1.165) is 51.9 Å². The molecule has 1 aromatic rings. The highest BCUT2D eigenvalue weighted by molar-refractivity contribution is 5.88. The second kappa shape index (κ2) is 7.11. The van der Waals surface area contributed by atoms with Gasteiger partial charge < -0.3 is 14.4 Å². The number of aromatic nitrogens is 2. The average Bonchev–Trinajstić information content (AvgIpc) is 3.24. The number of urea groups is 1. The number of nitrogens with one attached hydrogen (secondary N) is 1. The van der Waals surface area contributed by atoms with Gasteiger partial charge in [-0.3, -0.25) is 10.00 Å². The molecule has 0 bridgehead atoms. The molecule has 7 heteroatoms. The number of amides is 2. The molecule has 132 valence electrons. The van der Waals surface area contributed by atoms with Crippen LogP contribution in [0, 0.1) is 0 Å². The summed E-state index contributed by atoms with van der Waals surface area (Å²) in [5, 5.41) is 7.44. The zero-order valence-corrected chi connectivity index (χ0v) is 14.1. The minimum Gasteiger partial charge on any atom is -0.379 e.